The van der Waals surface area contributed by atoms with Crippen molar-refractivity contribution in [3.63, 3.8) is 0 Å². The fourth-order valence-electron chi connectivity index (χ4n) is 2.36. The van der Waals surface area contributed by atoms with Crippen LogP contribution in [-0.4, -0.2) is 42.5 Å². The van der Waals surface area contributed by atoms with Gasteiger partial charge in [-0.15, -0.1) is 0 Å². The summed E-state index contributed by atoms with van der Waals surface area (Å²) in [4.78, 5) is 4.80. The van der Waals surface area contributed by atoms with E-state index in [2.05, 4.69) is 23.8 Å². The van der Waals surface area contributed by atoms with Crippen LogP contribution in [-0.2, 0) is 6.54 Å². The van der Waals surface area contributed by atoms with Crippen LogP contribution < -0.4 is 5.73 Å². The zero-order valence-corrected chi connectivity index (χ0v) is 11.2. The molecule has 0 saturated carbocycles. The number of halogens is 1. The molecule has 2 N–H and O–H groups in total. The number of hydrogen-bond donors (Lipinski definition) is 1. The van der Waals surface area contributed by atoms with Crippen LogP contribution in [0.25, 0.3) is 0 Å². The van der Waals surface area contributed by atoms with E-state index in [0.29, 0.717) is 6.04 Å². The van der Waals surface area contributed by atoms with Crippen molar-refractivity contribution in [2.75, 3.05) is 32.4 Å². The van der Waals surface area contributed by atoms with Crippen molar-refractivity contribution in [1.29, 1.82) is 0 Å². The van der Waals surface area contributed by atoms with E-state index in [1.54, 1.807) is 0 Å². The molecule has 2 rings (SSSR count). The molecule has 0 radical (unpaired) electrons. The van der Waals surface area contributed by atoms with E-state index in [-0.39, 0.29) is 0 Å². The van der Waals surface area contributed by atoms with Gasteiger partial charge in [-0.05, 0) is 26.1 Å². The van der Waals surface area contributed by atoms with Crippen molar-refractivity contribution in [2.45, 2.75) is 19.5 Å². The molecule has 4 heteroatoms. The Bertz CT molecular complexity index is 374. The lowest BCUT2D eigenvalue weighted by atomic mass is 10.1. The molecule has 1 aliphatic rings. The maximum absolute atomic E-state index is 6.21. The molecule has 1 fully saturated rings. The number of hydrogen-bond acceptors (Lipinski definition) is 3. The molecule has 0 bridgehead atoms. The number of nitrogen functional groups attached to an aromatic ring is 1. The monoisotopic (exact) mass is 253 g/mol. The first-order chi connectivity index (χ1) is 8.08. The topological polar surface area (TPSA) is 32.5 Å². The summed E-state index contributed by atoms with van der Waals surface area (Å²) in [6, 6.07) is 6.27. The van der Waals surface area contributed by atoms with E-state index in [4.69, 9.17) is 17.3 Å². The van der Waals surface area contributed by atoms with Crippen molar-refractivity contribution in [1.82, 2.24) is 9.80 Å². The minimum atomic E-state index is 0.546. The van der Waals surface area contributed by atoms with Crippen LogP contribution >= 0.6 is 11.6 Å². The van der Waals surface area contributed by atoms with Crippen LogP contribution in [0.4, 0.5) is 5.69 Å². The normalized spacial score (nSPS) is 22.9. The van der Waals surface area contributed by atoms with Gasteiger partial charge >= 0.3 is 0 Å². The van der Waals surface area contributed by atoms with Crippen molar-refractivity contribution in [2.24, 2.45) is 0 Å². The number of likely N-dealkylation sites (N-methyl/N-ethyl adjacent to an activating group) is 1. The van der Waals surface area contributed by atoms with E-state index in [9.17, 15) is 0 Å². The van der Waals surface area contributed by atoms with Crippen LogP contribution in [0, 0.1) is 0 Å². The Morgan fingerprint density at radius 3 is 2.82 bits per heavy atom. The summed E-state index contributed by atoms with van der Waals surface area (Å²) >= 11 is 6.21. The molecule has 0 amide bonds. The minimum Gasteiger partial charge on any atom is -0.398 e. The quantitative estimate of drug-likeness (QED) is 0.819. The first-order valence-corrected chi connectivity index (χ1v) is 6.41. The van der Waals surface area contributed by atoms with Crippen LogP contribution in [0.3, 0.4) is 0 Å². The van der Waals surface area contributed by atoms with Gasteiger partial charge in [0, 0.05) is 48.5 Å². The average Bonchev–Trinajstić information content (AvgIpc) is 2.26. The van der Waals surface area contributed by atoms with Gasteiger partial charge < -0.3 is 10.6 Å². The highest BCUT2D eigenvalue weighted by atomic mass is 35.5. The fourth-order valence-corrected chi connectivity index (χ4v) is 2.60. The van der Waals surface area contributed by atoms with Gasteiger partial charge in [-0.2, -0.15) is 0 Å². The number of piperazine rings is 1. The van der Waals surface area contributed by atoms with Gasteiger partial charge in [-0.1, -0.05) is 17.7 Å². The van der Waals surface area contributed by atoms with Crippen LogP contribution in [0.2, 0.25) is 5.02 Å². The summed E-state index contributed by atoms with van der Waals surface area (Å²) in [5, 5.41) is 0.774. The van der Waals surface area contributed by atoms with Crippen LogP contribution in [0.15, 0.2) is 18.2 Å². The highest BCUT2D eigenvalue weighted by molar-refractivity contribution is 6.31. The maximum Gasteiger partial charge on any atom is 0.0471 e. The smallest absolute Gasteiger partial charge is 0.0471 e. The zero-order valence-electron chi connectivity index (χ0n) is 10.5. The first-order valence-electron chi connectivity index (χ1n) is 6.03. The third kappa shape index (κ3) is 2.92. The third-order valence-corrected chi connectivity index (χ3v) is 3.84. The molecule has 17 heavy (non-hydrogen) atoms. The Hall–Kier alpha value is -0.770. The molecule has 1 aromatic carbocycles. The average molecular weight is 254 g/mol. The Balaban J connectivity index is 2.10. The Morgan fingerprint density at radius 1 is 1.41 bits per heavy atom. The van der Waals surface area contributed by atoms with Gasteiger partial charge in [0.1, 0.15) is 0 Å². The Morgan fingerprint density at radius 2 is 2.18 bits per heavy atom. The number of anilines is 1. The Labute approximate surface area is 108 Å². The second kappa shape index (κ2) is 5.25. The van der Waals surface area contributed by atoms with Crippen molar-refractivity contribution in [3.8, 4) is 0 Å². The van der Waals surface area contributed by atoms with E-state index in [0.717, 1.165) is 42.5 Å². The van der Waals surface area contributed by atoms with E-state index in [1.807, 2.05) is 18.2 Å². The largest absolute Gasteiger partial charge is 0.398 e. The second-order valence-corrected chi connectivity index (χ2v) is 5.30. The second-order valence-electron chi connectivity index (χ2n) is 4.89. The molecular formula is C13H20ClN3. The van der Waals surface area contributed by atoms with Gasteiger partial charge in [-0.25, -0.2) is 0 Å². The van der Waals surface area contributed by atoms with E-state index >= 15 is 0 Å². The summed E-state index contributed by atoms with van der Waals surface area (Å²) in [5.74, 6) is 0. The highest BCUT2D eigenvalue weighted by Gasteiger charge is 2.22. The lowest BCUT2D eigenvalue weighted by Crippen LogP contribution is -2.49. The van der Waals surface area contributed by atoms with E-state index in [1.165, 1.54) is 0 Å². The molecule has 0 spiro atoms. The van der Waals surface area contributed by atoms with Crippen molar-refractivity contribution >= 4 is 17.3 Å². The molecule has 1 aliphatic heterocycles. The SMILES string of the molecule is CC1CN(C)CCN1Cc1c(N)cccc1Cl. The summed E-state index contributed by atoms with van der Waals surface area (Å²) in [7, 11) is 2.16. The number of benzene rings is 1. The molecule has 1 saturated heterocycles. The van der Waals surface area contributed by atoms with Crippen molar-refractivity contribution in [3.05, 3.63) is 28.8 Å². The molecule has 1 heterocycles. The molecule has 0 aromatic heterocycles. The highest BCUT2D eigenvalue weighted by Crippen LogP contribution is 2.25. The van der Waals surface area contributed by atoms with E-state index < -0.39 is 0 Å². The predicted molar refractivity (Wildman–Crippen MR) is 73.2 cm³/mol. The fraction of sp³-hybridized carbons (Fsp3) is 0.538. The number of nitrogens with two attached hydrogens (primary N) is 1. The summed E-state index contributed by atoms with van der Waals surface area (Å²) < 4.78 is 0. The number of rotatable bonds is 2. The molecule has 1 unspecified atom stereocenters. The summed E-state index contributed by atoms with van der Waals surface area (Å²) in [6.45, 7) is 6.38. The van der Waals surface area contributed by atoms with Crippen molar-refractivity contribution < 1.29 is 0 Å². The van der Waals surface area contributed by atoms with Gasteiger partial charge in [0.25, 0.3) is 0 Å². The molecular weight excluding hydrogens is 234 g/mol. The van der Waals surface area contributed by atoms with Gasteiger partial charge in [0.2, 0.25) is 0 Å². The van der Waals surface area contributed by atoms with Crippen LogP contribution in [0.5, 0.6) is 0 Å². The van der Waals surface area contributed by atoms with Gasteiger partial charge in [0.05, 0.1) is 0 Å². The number of nitrogens with zero attached hydrogens (tertiary/aromatic N) is 2. The third-order valence-electron chi connectivity index (χ3n) is 3.48. The standard InChI is InChI=1S/C13H20ClN3/c1-10-8-16(2)6-7-17(10)9-11-12(14)4-3-5-13(11)15/h3-5,10H,6-9,15H2,1-2H3. The maximum atomic E-state index is 6.21. The molecule has 3 nitrogen and oxygen atoms in total. The summed E-state index contributed by atoms with van der Waals surface area (Å²) in [5.41, 5.74) is 7.85. The zero-order chi connectivity index (χ0) is 12.4. The molecule has 1 atom stereocenters. The Kier molecular flexibility index (Phi) is 3.92. The predicted octanol–water partition coefficient (Wildman–Crippen LogP) is 2.06. The first kappa shape index (κ1) is 12.7. The van der Waals surface area contributed by atoms with Gasteiger partial charge in [0.15, 0.2) is 0 Å². The molecule has 94 valence electrons. The minimum absolute atomic E-state index is 0.546. The lowest BCUT2D eigenvalue weighted by Gasteiger charge is -2.38. The molecule has 0 aliphatic carbocycles. The van der Waals surface area contributed by atoms with Crippen LogP contribution in [0.1, 0.15) is 12.5 Å². The van der Waals surface area contributed by atoms with Gasteiger partial charge in [-0.3, -0.25) is 4.90 Å². The lowest BCUT2D eigenvalue weighted by molar-refractivity contribution is 0.0940. The summed E-state index contributed by atoms with van der Waals surface area (Å²) in [6.07, 6.45) is 0. The molecule has 1 aromatic rings.